The summed E-state index contributed by atoms with van der Waals surface area (Å²) < 4.78 is 0. The molecule has 3 amide bonds. The molecule has 0 aliphatic rings. The van der Waals surface area contributed by atoms with Gasteiger partial charge in [-0.15, -0.1) is 0 Å². The number of unbranched alkanes of at least 4 members (excludes halogenated alkanes) is 18. The van der Waals surface area contributed by atoms with E-state index in [1.54, 1.807) is 31.2 Å². The number of nitrogens with one attached hydrogen (secondary N) is 3. The summed E-state index contributed by atoms with van der Waals surface area (Å²) in [6, 6.07) is 5.18. The van der Waals surface area contributed by atoms with Crippen LogP contribution in [0.5, 0.6) is 5.75 Å². The van der Waals surface area contributed by atoms with Crippen LogP contribution < -0.4 is 16.0 Å². The van der Waals surface area contributed by atoms with Crippen molar-refractivity contribution in [3.05, 3.63) is 29.8 Å². The summed E-state index contributed by atoms with van der Waals surface area (Å²) in [4.78, 5) is 43.0. The summed E-state index contributed by atoms with van der Waals surface area (Å²) in [5.41, 5.74) is 0.511. The Morgan fingerprint density at radius 1 is 0.681 bits per heavy atom. The van der Waals surface area contributed by atoms with Gasteiger partial charge in [0.15, 0.2) is 0 Å². The highest BCUT2D eigenvalue weighted by atomic mass is 16.3. The minimum atomic E-state index is -0.823. The molecule has 0 radical (unpaired) electrons. The lowest BCUT2D eigenvalue weighted by molar-refractivity contribution is -0.130. The van der Waals surface area contributed by atoms with Crippen LogP contribution in [0.3, 0.4) is 0 Å². The number of amides is 3. The Kier molecular flexibility index (Phi) is 26.2. The van der Waals surface area contributed by atoms with E-state index in [4.69, 9.17) is 0 Å². The Morgan fingerprint density at radius 3 is 1.66 bits per heavy atom. The van der Waals surface area contributed by atoms with Gasteiger partial charge in [-0.05, 0) is 38.3 Å². The van der Waals surface area contributed by atoms with Crippen molar-refractivity contribution >= 4 is 23.9 Å². The predicted octanol–water partition coefficient (Wildman–Crippen LogP) is 8.54. The van der Waals surface area contributed by atoms with E-state index in [1.165, 1.54) is 103 Å². The minimum absolute atomic E-state index is 0.0805. The van der Waals surface area contributed by atoms with Crippen molar-refractivity contribution in [3.8, 4) is 5.75 Å². The molecular formula is C39H68N4O4. The van der Waals surface area contributed by atoms with Gasteiger partial charge in [0.05, 0.1) is 0 Å². The summed E-state index contributed by atoms with van der Waals surface area (Å²) in [7, 11) is 0. The lowest BCUT2D eigenvalue weighted by atomic mass is 10.1. The lowest BCUT2D eigenvalue weighted by Gasteiger charge is -2.20. The number of hydrogen-bond acceptors (Lipinski definition) is 5. The van der Waals surface area contributed by atoms with Crippen LogP contribution in [0, 0.1) is 0 Å². The lowest BCUT2D eigenvalue weighted by Crippen LogP contribution is -2.49. The van der Waals surface area contributed by atoms with Crippen LogP contribution in [0.2, 0.25) is 0 Å². The molecule has 0 spiro atoms. The Bertz CT molecular complexity index is 983. The molecule has 0 aliphatic heterocycles. The average molecular weight is 657 g/mol. The number of phenolic OH excluding ortho intramolecular Hbond substituents is 1. The standard InChI is InChI=1S/C39H68N4O4/c1-4-6-8-10-12-14-16-18-20-24-30-40-37(45)29-28-35(39(47)41-31-25-21-19-17-15-13-11-9-7-5-2)43-38(46)33(3)42-32-34-26-22-23-27-36(34)44/h22-23,26-27,32-33,35,44H,4-21,24-25,28-31H2,1-3H3,(H,40,45)(H,41,47)(H,43,46)/t33-,35-/m0/s1. The normalized spacial score (nSPS) is 12.6. The van der Waals surface area contributed by atoms with Crippen molar-refractivity contribution < 1.29 is 19.5 Å². The van der Waals surface area contributed by atoms with Gasteiger partial charge in [0.1, 0.15) is 17.8 Å². The summed E-state index contributed by atoms with van der Waals surface area (Å²) in [5.74, 6) is -0.694. The predicted molar refractivity (Wildman–Crippen MR) is 196 cm³/mol. The van der Waals surface area contributed by atoms with Crippen LogP contribution in [0.1, 0.15) is 168 Å². The number of phenols is 1. The van der Waals surface area contributed by atoms with E-state index in [-0.39, 0.29) is 30.4 Å². The van der Waals surface area contributed by atoms with E-state index in [0.717, 1.165) is 32.1 Å². The average Bonchev–Trinajstić information content (AvgIpc) is 3.07. The molecule has 4 N–H and O–H groups in total. The molecule has 0 bridgehead atoms. The number of aliphatic imine (C=N–C) groups is 1. The maximum absolute atomic E-state index is 13.1. The third-order valence-electron chi connectivity index (χ3n) is 8.73. The van der Waals surface area contributed by atoms with Gasteiger partial charge in [0, 0.05) is 31.3 Å². The van der Waals surface area contributed by atoms with Crippen molar-refractivity contribution in [2.75, 3.05) is 13.1 Å². The van der Waals surface area contributed by atoms with Gasteiger partial charge in [0.25, 0.3) is 0 Å². The number of hydrogen-bond donors (Lipinski definition) is 4. The van der Waals surface area contributed by atoms with Crippen molar-refractivity contribution in [1.82, 2.24) is 16.0 Å². The van der Waals surface area contributed by atoms with Gasteiger partial charge >= 0.3 is 0 Å². The molecule has 1 aromatic rings. The van der Waals surface area contributed by atoms with E-state index in [0.29, 0.717) is 18.7 Å². The van der Waals surface area contributed by atoms with Crippen molar-refractivity contribution in [3.63, 3.8) is 0 Å². The number of carbonyl (C=O) groups is 3. The van der Waals surface area contributed by atoms with Crippen LogP contribution in [-0.2, 0) is 14.4 Å². The van der Waals surface area contributed by atoms with Crippen molar-refractivity contribution in [2.24, 2.45) is 4.99 Å². The molecule has 0 fully saturated rings. The van der Waals surface area contributed by atoms with Gasteiger partial charge in [0.2, 0.25) is 17.7 Å². The van der Waals surface area contributed by atoms with E-state index >= 15 is 0 Å². The SMILES string of the molecule is CCCCCCCCCCCCNC(=O)CC[C@H](NC(=O)[C@H](C)N=Cc1ccccc1O)C(=O)NCCCCCCCCCCCC. The Morgan fingerprint density at radius 2 is 1.15 bits per heavy atom. The van der Waals surface area contributed by atoms with Crippen LogP contribution in [-0.4, -0.2) is 54.2 Å². The zero-order valence-electron chi connectivity index (χ0n) is 30.1. The molecule has 0 aliphatic carbocycles. The van der Waals surface area contributed by atoms with Gasteiger partial charge in [-0.3, -0.25) is 19.4 Å². The van der Waals surface area contributed by atoms with Gasteiger partial charge in [-0.2, -0.15) is 0 Å². The third-order valence-corrected chi connectivity index (χ3v) is 8.73. The molecule has 1 rings (SSSR count). The molecule has 8 nitrogen and oxygen atoms in total. The quantitative estimate of drug-likeness (QED) is 0.0490. The first kappa shape index (κ1) is 42.1. The van der Waals surface area contributed by atoms with E-state index in [2.05, 4.69) is 34.8 Å². The smallest absolute Gasteiger partial charge is 0.245 e. The zero-order chi connectivity index (χ0) is 34.4. The van der Waals surface area contributed by atoms with Gasteiger partial charge in [-0.1, -0.05) is 142 Å². The zero-order valence-corrected chi connectivity index (χ0v) is 30.1. The van der Waals surface area contributed by atoms with Gasteiger partial charge < -0.3 is 21.1 Å². The minimum Gasteiger partial charge on any atom is -0.507 e. The number of rotatable bonds is 30. The molecule has 1 aromatic carbocycles. The fourth-order valence-corrected chi connectivity index (χ4v) is 5.57. The summed E-state index contributed by atoms with van der Waals surface area (Å²) in [5, 5.41) is 18.8. The van der Waals surface area contributed by atoms with Crippen LogP contribution in [0.15, 0.2) is 29.3 Å². The van der Waals surface area contributed by atoms with Crippen LogP contribution in [0.4, 0.5) is 0 Å². The molecule has 2 atom stereocenters. The second kappa shape index (κ2) is 29.3. The van der Waals surface area contributed by atoms with Crippen LogP contribution >= 0.6 is 0 Å². The largest absolute Gasteiger partial charge is 0.507 e. The molecule has 0 unspecified atom stereocenters. The molecule has 0 heterocycles. The van der Waals surface area contributed by atoms with E-state index in [1.807, 2.05) is 0 Å². The first-order valence-electron chi connectivity index (χ1n) is 19.0. The Labute approximate surface area is 286 Å². The number of benzene rings is 1. The monoisotopic (exact) mass is 657 g/mol. The molecule has 47 heavy (non-hydrogen) atoms. The molecule has 268 valence electrons. The van der Waals surface area contributed by atoms with E-state index < -0.39 is 18.0 Å². The van der Waals surface area contributed by atoms with E-state index in [9.17, 15) is 19.5 Å². The van der Waals surface area contributed by atoms with Crippen LogP contribution in [0.25, 0.3) is 0 Å². The maximum Gasteiger partial charge on any atom is 0.245 e. The second-order valence-electron chi connectivity index (χ2n) is 13.1. The summed E-state index contributed by atoms with van der Waals surface area (Å²) >= 11 is 0. The highest BCUT2D eigenvalue weighted by Crippen LogP contribution is 2.14. The third kappa shape index (κ3) is 23.1. The number of carbonyl (C=O) groups excluding carboxylic acids is 3. The first-order chi connectivity index (χ1) is 22.9. The molecule has 0 saturated heterocycles. The fourth-order valence-electron chi connectivity index (χ4n) is 5.57. The number of nitrogens with zero attached hydrogens (tertiary/aromatic N) is 1. The Balaban J connectivity index is 2.47. The fraction of sp³-hybridized carbons (Fsp3) is 0.744. The maximum atomic E-state index is 13.1. The molecule has 0 saturated carbocycles. The van der Waals surface area contributed by atoms with Crippen molar-refractivity contribution in [1.29, 1.82) is 0 Å². The first-order valence-corrected chi connectivity index (χ1v) is 19.0. The number of aromatic hydroxyl groups is 1. The van der Waals surface area contributed by atoms with Crippen molar-refractivity contribution in [2.45, 2.75) is 174 Å². The summed E-state index contributed by atoms with van der Waals surface area (Å²) in [6.07, 6.45) is 26.5. The Hall–Kier alpha value is -2.90. The second-order valence-corrected chi connectivity index (χ2v) is 13.1. The highest BCUT2D eigenvalue weighted by molar-refractivity contribution is 5.92. The van der Waals surface area contributed by atoms with Gasteiger partial charge in [-0.25, -0.2) is 0 Å². The molecule has 0 aromatic heterocycles. The molecular weight excluding hydrogens is 588 g/mol. The number of para-hydroxylation sites is 1. The topological polar surface area (TPSA) is 120 Å². The summed E-state index contributed by atoms with van der Waals surface area (Å²) in [6.45, 7) is 7.31. The molecule has 8 heteroatoms. The highest BCUT2D eigenvalue weighted by Gasteiger charge is 2.24.